The van der Waals surface area contributed by atoms with E-state index in [0.717, 1.165) is 18.6 Å². The van der Waals surface area contributed by atoms with E-state index in [-0.39, 0.29) is 0 Å². The Balaban J connectivity index is 1.14. The maximum Gasteiger partial charge on any atom is 0.0707 e. The maximum absolute atomic E-state index is 6.21. The molecule has 4 fully saturated rings. The van der Waals surface area contributed by atoms with Gasteiger partial charge in [0.2, 0.25) is 0 Å². The van der Waals surface area contributed by atoms with Gasteiger partial charge in [0.1, 0.15) is 0 Å². The minimum Gasteiger partial charge on any atom is -0.372 e. The molecule has 2 atom stereocenters. The molecule has 2 heterocycles. The van der Waals surface area contributed by atoms with Crippen LogP contribution in [0.25, 0.3) is 0 Å². The van der Waals surface area contributed by atoms with Crippen molar-refractivity contribution >= 4 is 0 Å². The third-order valence-electron chi connectivity index (χ3n) is 5.34. The van der Waals surface area contributed by atoms with Gasteiger partial charge in [0, 0.05) is 51.4 Å². The molecule has 2 aliphatic heterocycles. The van der Waals surface area contributed by atoms with Crippen LogP contribution in [0.5, 0.6) is 0 Å². The van der Waals surface area contributed by atoms with E-state index in [1.165, 1.54) is 71.2 Å². The van der Waals surface area contributed by atoms with Crippen molar-refractivity contribution < 1.29 is 4.74 Å². The molecule has 4 heteroatoms. The lowest BCUT2D eigenvalue weighted by Crippen LogP contribution is -2.49. The van der Waals surface area contributed by atoms with E-state index in [2.05, 4.69) is 15.1 Å². The van der Waals surface area contributed by atoms with Gasteiger partial charge >= 0.3 is 0 Å². The summed E-state index contributed by atoms with van der Waals surface area (Å²) in [4.78, 5) is 5.31. The zero-order valence-corrected chi connectivity index (χ0v) is 12.6. The normalized spacial score (nSPS) is 36.6. The Labute approximate surface area is 122 Å². The van der Waals surface area contributed by atoms with E-state index in [9.17, 15) is 0 Å². The van der Waals surface area contributed by atoms with Crippen LogP contribution in [0.15, 0.2) is 0 Å². The highest BCUT2D eigenvalue weighted by Crippen LogP contribution is 2.28. The first kappa shape index (κ1) is 13.5. The van der Waals surface area contributed by atoms with Crippen molar-refractivity contribution in [3.8, 4) is 0 Å². The average Bonchev–Trinajstić information content (AvgIpc) is 3.38. The van der Waals surface area contributed by atoms with Crippen LogP contribution in [0.4, 0.5) is 0 Å². The van der Waals surface area contributed by atoms with Crippen molar-refractivity contribution in [2.45, 2.75) is 62.8 Å². The summed E-state index contributed by atoms with van der Waals surface area (Å²) in [5.41, 5.74) is 0. The second-order valence-electron chi connectivity index (χ2n) is 7.21. The SMILES string of the molecule is C1CC1NCC1CCC(CN2CCN(C3CC3)CC2)O1. The van der Waals surface area contributed by atoms with Gasteiger partial charge in [0.05, 0.1) is 12.2 Å². The maximum atomic E-state index is 6.21. The standard InChI is InChI=1S/C16H29N3O/c1-2-13(1)17-11-15-5-6-16(20-15)12-18-7-9-19(10-8-18)14-3-4-14/h13-17H,1-12H2. The Hall–Kier alpha value is -0.160. The first-order valence-corrected chi connectivity index (χ1v) is 8.72. The Morgan fingerprint density at radius 1 is 0.850 bits per heavy atom. The van der Waals surface area contributed by atoms with Crippen LogP contribution in [-0.4, -0.2) is 73.4 Å². The van der Waals surface area contributed by atoms with Crippen LogP contribution < -0.4 is 5.32 Å². The molecule has 2 saturated carbocycles. The highest BCUT2D eigenvalue weighted by molar-refractivity contribution is 4.89. The summed E-state index contributed by atoms with van der Waals surface area (Å²) >= 11 is 0. The molecule has 2 aliphatic carbocycles. The molecule has 0 amide bonds. The van der Waals surface area contributed by atoms with Crippen molar-refractivity contribution in [3.63, 3.8) is 0 Å². The number of ether oxygens (including phenoxy) is 1. The molecular weight excluding hydrogens is 250 g/mol. The molecule has 0 bridgehead atoms. The second kappa shape index (κ2) is 5.91. The van der Waals surface area contributed by atoms with Gasteiger partial charge in [-0.15, -0.1) is 0 Å². The fourth-order valence-corrected chi connectivity index (χ4v) is 3.69. The first-order valence-electron chi connectivity index (χ1n) is 8.72. The molecule has 114 valence electrons. The number of hydrogen-bond acceptors (Lipinski definition) is 4. The molecule has 4 nitrogen and oxygen atoms in total. The van der Waals surface area contributed by atoms with E-state index in [4.69, 9.17) is 4.74 Å². The average molecular weight is 279 g/mol. The fourth-order valence-electron chi connectivity index (χ4n) is 3.69. The van der Waals surface area contributed by atoms with E-state index >= 15 is 0 Å². The van der Waals surface area contributed by atoms with Gasteiger partial charge in [0.15, 0.2) is 0 Å². The molecule has 20 heavy (non-hydrogen) atoms. The molecular formula is C16H29N3O. The van der Waals surface area contributed by atoms with Gasteiger partial charge in [0.25, 0.3) is 0 Å². The van der Waals surface area contributed by atoms with E-state index in [0.29, 0.717) is 12.2 Å². The van der Waals surface area contributed by atoms with Gasteiger partial charge in [-0.25, -0.2) is 0 Å². The van der Waals surface area contributed by atoms with Crippen LogP contribution in [0, 0.1) is 0 Å². The Bertz CT molecular complexity index is 322. The molecule has 0 radical (unpaired) electrons. The summed E-state index contributed by atoms with van der Waals surface area (Å²) in [5, 5.41) is 3.60. The van der Waals surface area contributed by atoms with Gasteiger partial charge in [-0.3, -0.25) is 9.80 Å². The van der Waals surface area contributed by atoms with Crippen LogP contribution >= 0.6 is 0 Å². The highest BCUT2D eigenvalue weighted by Gasteiger charge is 2.33. The smallest absolute Gasteiger partial charge is 0.0707 e. The van der Waals surface area contributed by atoms with Crippen molar-refractivity contribution in [1.82, 2.24) is 15.1 Å². The number of nitrogens with zero attached hydrogens (tertiary/aromatic N) is 2. The van der Waals surface area contributed by atoms with Crippen molar-refractivity contribution in [3.05, 3.63) is 0 Å². The lowest BCUT2D eigenvalue weighted by molar-refractivity contribution is 0.0119. The topological polar surface area (TPSA) is 27.7 Å². The number of rotatable bonds is 6. The fraction of sp³-hybridized carbons (Fsp3) is 1.00. The number of nitrogens with one attached hydrogen (secondary N) is 1. The van der Waals surface area contributed by atoms with E-state index in [1.807, 2.05) is 0 Å². The monoisotopic (exact) mass is 279 g/mol. The summed E-state index contributed by atoms with van der Waals surface area (Å²) in [6, 6.07) is 1.76. The summed E-state index contributed by atoms with van der Waals surface area (Å²) < 4.78 is 6.21. The predicted octanol–water partition coefficient (Wildman–Crippen LogP) is 1.07. The molecule has 2 unspecified atom stereocenters. The lowest BCUT2D eigenvalue weighted by Gasteiger charge is -2.35. The third kappa shape index (κ3) is 3.53. The molecule has 0 spiro atoms. The predicted molar refractivity (Wildman–Crippen MR) is 80.0 cm³/mol. The zero-order chi connectivity index (χ0) is 13.4. The lowest BCUT2D eigenvalue weighted by atomic mass is 10.1. The van der Waals surface area contributed by atoms with Crippen LogP contribution in [0.3, 0.4) is 0 Å². The molecule has 0 aromatic heterocycles. The van der Waals surface area contributed by atoms with Crippen molar-refractivity contribution in [1.29, 1.82) is 0 Å². The molecule has 0 aromatic carbocycles. The van der Waals surface area contributed by atoms with Crippen LogP contribution in [0.1, 0.15) is 38.5 Å². The summed E-state index contributed by atoms with van der Waals surface area (Å²) in [5.74, 6) is 0. The van der Waals surface area contributed by atoms with Crippen molar-refractivity contribution in [2.24, 2.45) is 0 Å². The number of piperazine rings is 1. The highest BCUT2D eigenvalue weighted by atomic mass is 16.5. The van der Waals surface area contributed by atoms with Crippen LogP contribution in [-0.2, 0) is 4.74 Å². The summed E-state index contributed by atoms with van der Waals surface area (Å²) in [6.45, 7) is 7.31. The largest absolute Gasteiger partial charge is 0.372 e. The van der Waals surface area contributed by atoms with Gasteiger partial charge < -0.3 is 10.1 Å². The van der Waals surface area contributed by atoms with E-state index in [1.54, 1.807) is 0 Å². The molecule has 4 rings (SSSR count). The van der Waals surface area contributed by atoms with Crippen molar-refractivity contribution in [2.75, 3.05) is 39.3 Å². The molecule has 0 aromatic rings. The van der Waals surface area contributed by atoms with Crippen LogP contribution in [0.2, 0.25) is 0 Å². The quantitative estimate of drug-likeness (QED) is 0.787. The number of hydrogen-bond donors (Lipinski definition) is 1. The molecule has 1 N–H and O–H groups in total. The van der Waals surface area contributed by atoms with Gasteiger partial charge in [-0.05, 0) is 38.5 Å². The minimum atomic E-state index is 0.480. The summed E-state index contributed by atoms with van der Waals surface area (Å²) in [6.07, 6.45) is 9.14. The van der Waals surface area contributed by atoms with E-state index < -0.39 is 0 Å². The summed E-state index contributed by atoms with van der Waals surface area (Å²) in [7, 11) is 0. The zero-order valence-electron chi connectivity index (χ0n) is 12.6. The third-order valence-corrected chi connectivity index (χ3v) is 5.34. The van der Waals surface area contributed by atoms with Gasteiger partial charge in [-0.1, -0.05) is 0 Å². The molecule has 2 saturated heterocycles. The second-order valence-corrected chi connectivity index (χ2v) is 7.21. The Kier molecular flexibility index (Phi) is 3.99. The molecule has 4 aliphatic rings. The minimum absolute atomic E-state index is 0.480. The van der Waals surface area contributed by atoms with Gasteiger partial charge in [-0.2, -0.15) is 0 Å². The Morgan fingerprint density at radius 2 is 1.60 bits per heavy atom. The first-order chi connectivity index (χ1) is 9.87. The Morgan fingerprint density at radius 3 is 2.30 bits per heavy atom.